The second kappa shape index (κ2) is 7.91. The van der Waals surface area contributed by atoms with Crippen molar-refractivity contribution in [2.24, 2.45) is 10.7 Å². The first-order chi connectivity index (χ1) is 12.9. The van der Waals surface area contributed by atoms with Crippen LogP contribution in [0.15, 0.2) is 35.3 Å². The summed E-state index contributed by atoms with van der Waals surface area (Å²) in [5.41, 5.74) is 6.47. The SMILES string of the molecule is CN1C(=O)C2C(=NC(SCC(N)=O)=[N+]2CCCc2ccccc2)N(C)C1=O. The number of carbonyl (C=O) groups excluding carboxylic acids is 3. The summed E-state index contributed by atoms with van der Waals surface area (Å²) >= 11 is 1.19. The summed E-state index contributed by atoms with van der Waals surface area (Å²) in [5.74, 6) is -0.309. The van der Waals surface area contributed by atoms with E-state index in [1.54, 1.807) is 7.05 Å². The molecule has 2 aliphatic heterocycles. The first-order valence-electron chi connectivity index (χ1n) is 8.62. The van der Waals surface area contributed by atoms with Crippen LogP contribution in [0.4, 0.5) is 4.79 Å². The molecule has 0 spiro atoms. The van der Waals surface area contributed by atoms with Crippen LogP contribution in [-0.2, 0) is 16.0 Å². The van der Waals surface area contributed by atoms with E-state index in [9.17, 15) is 14.4 Å². The molecule has 4 amide bonds. The van der Waals surface area contributed by atoms with Crippen LogP contribution >= 0.6 is 11.8 Å². The third-order valence-corrected chi connectivity index (χ3v) is 5.56. The van der Waals surface area contributed by atoms with Crippen LogP contribution in [0.5, 0.6) is 0 Å². The summed E-state index contributed by atoms with van der Waals surface area (Å²) in [6, 6.07) is 9.01. The number of nitrogens with zero attached hydrogens (tertiary/aromatic N) is 4. The van der Waals surface area contributed by atoms with Gasteiger partial charge in [0.1, 0.15) is 0 Å². The minimum absolute atomic E-state index is 0.0652. The van der Waals surface area contributed by atoms with E-state index in [1.165, 1.54) is 29.3 Å². The van der Waals surface area contributed by atoms with Gasteiger partial charge in [0.25, 0.3) is 17.8 Å². The number of amides is 4. The van der Waals surface area contributed by atoms with Gasteiger partial charge in [-0.2, -0.15) is 0 Å². The second-order valence-corrected chi connectivity index (χ2v) is 7.37. The smallest absolute Gasteiger partial charge is 0.358 e. The van der Waals surface area contributed by atoms with Crippen molar-refractivity contribution in [2.45, 2.75) is 18.9 Å². The molecule has 1 atom stereocenters. The predicted molar refractivity (Wildman–Crippen MR) is 104 cm³/mol. The van der Waals surface area contributed by atoms with Gasteiger partial charge in [0.2, 0.25) is 5.91 Å². The van der Waals surface area contributed by atoms with Crippen LogP contribution < -0.4 is 5.73 Å². The van der Waals surface area contributed by atoms with Crippen molar-refractivity contribution in [3.05, 3.63) is 35.9 Å². The van der Waals surface area contributed by atoms with Gasteiger partial charge in [-0.1, -0.05) is 30.3 Å². The molecule has 2 heterocycles. The number of aryl methyl sites for hydroxylation is 1. The molecule has 0 aliphatic carbocycles. The van der Waals surface area contributed by atoms with Gasteiger partial charge in [-0.15, -0.1) is 0 Å². The lowest BCUT2D eigenvalue weighted by atomic mass is 10.1. The number of hydrogen-bond acceptors (Lipinski definition) is 5. The van der Waals surface area contributed by atoms with Gasteiger partial charge in [0.05, 0.1) is 12.3 Å². The summed E-state index contributed by atoms with van der Waals surface area (Å²) < 4.78 is 1.87. The Balaban J connectivity index is 1.82. The fourth-order valence-corrected chi connectivity index (χ4v) is 3.94. The average Bonchev–Trinajstić information content (AvgIpc) is 3.02. The monoisotopic (exact) mass is 388 g/mol. The van der Waals surface area contributed by atoms with E-state index in [-0.39, 0.29) is 11.7 Å². The van der Waals surface area contributed by atoms with Gasteiger partial charge >= 0.3 is 11.2 Å². The highest BCUT2D eigenvalue weighted by atomic mass is 32.2. The molecule has 8 nitrogen and oxygen atoms in total. The Morgan fingerprint density at radius 3 is 2.59 bits per heavy atom. The van der Waals surface area contributed by atoms with Crippen molar-refractivity contribution in [1.29, 1.82) is 0 Å². The molecular weight excluding hydrogens is 366 g/mol. The lowest BCUT2D eigenvalue weighted by Gasteiger charge is -2.30. The molecule has 1 aromatic carbocycles. The van der Waals surface area contributed by atoms with Gasteiger partial charge < -0.3 is 5.73 Å². The molecule has 27 heavy (non-hydrogen) atoms. The third-order valence-electron chi connectivity index (χ3n) is 4.54. The Hall–Kier alpha value is -2.68. The molecular formula is C18H22N5O3S+. The van der Waals surface area contributed by atoms with Crippen LogP contribution in [0.3, 0.4) is 0 Å². The molecule has 3 rings (SSSR count). The normalized spacial score (nSPS) is 19.5. The number of likely N-dealkylation sites (N-methyl/N-ethyl adjacent to an activating group) is 2. The summed E-state index contributed by atoms with van der Waals surface area (Å²) in [5, 5.41) is 0.546. The lowest BCUT2D eigenvalue weighted by molar-refractivity contribution is -0.533. The molecule has 0 radical (unpaired) electrons. The van der Waals surface area contributed by atoms with Crippen LogP contribution in [-0.4, -0.2) is 75.7 Å². The van der Waals surface area contributed by atoms with Gasteiger partial charge in [0, 0.05) is 14.1 Å². The number of primary amides is 1. The zero-order chi connectivity index (χ0) is 19.6. The molecule has 9 heteroatoms. The van der Waals surface area contributed by atoms with Gasteiger partial charge in [-0.25, -0.2) is 9.37 Å². The van der Waals surface area contributed by atoms with Crippen LogP contribution in [0.1, 0.15) is 12.0 Å². The van der Waals surface area contributed by atoms with E-state index in [4.69, 9.17) is 5.73 Å². The first-order valence-corrected chi connectivity index (χ1v) is 9.61. The number of amidine groups is 2. The van der Waals surface area contributed by atoms with Crippen LogP contribution in [0, 0.1) is 0 Å². The number of imide groups is 1. The Labute approximate surface area is 161 Å². The van der Waals surface area contributed by atoms with Crippen molar-refractivity contribution in [1.82, 2.24) is 9.80 Å². The van der Waals surface area contributed by atoms with Gasteiger partial charge in [0.15, 0.2) is 0 Å². The molecule has 2 aliphatic rings. The Morgan fingerprint density at radius 1 is 1.22 bits per heavy atom. The predicted octanol–water partition coefficient (Wildman–Crippen LogP) is 0.511. The van der Waals surface area contributed by atoms with E-state index in [2.05, 4.69) is 17.1 Å². The third kappa shape index (κ3) is 3.87. The molecule has 0 saturated carbocycles. The molecule has 1 aromatic rings. The van der Waals surface area contributed by atoms with Crippen molar-refractivity contribution < 1.29 is 19.0 Å². The van der Waals surface area contributed by atoms with E-state index in [0.717, 1.165) is 17.7 Å². The summed E-state index contributed by atoms with van der Waals surface area (Å²) in [6.07, 6.45) is 1.66. The van der Waals surface area contributed by atoms with Crippen LogP contribution in [0.2, 0.25) is 0 Å². The Bertz CT molecular complexity index is 837. The molecule has 0 aromatic heterocycles. The molecule has 1 unspecified atom stereocenters. The highest BCUT2D eigenvalue weighted by Gasteiger charge is 2.53. The summed E-state index contributed by atoms with van der Waals surface area (Å²) in [4.78, 5) is 43.1. The fourth-order valence-electron chi connectivity index (χ4n) is 3.15. The molecule has 1 fully saturated rings. The summed E-state index contributed by atoms with van der Waals surface area (Å²) in [7, 11) is 3.07. The number of hydrogen-bond donors (Lipinski definition) is 1. The first kappa shape index (κ1) is 19.1. The lowest BCUT2D eigenvalue weighted by Crippen LogP contribution is -2.61. The van der Waals surface area contributed by atoms with Crippen molar-refractivity contribution >= 4 is 40.6 Å². The molecule has 0 bridgehead atoms. The number of urea groups is 1. The maximum absolute atomic E-state index is 12.7. The van der Waals surface area contributed by atoms with Crippen molar-refractivity contribution in [3.63, 3.8) is 0 Å². The molecule has 2 N–H and O–H groups in total. The van der Waals surface area contributed by atoms with Gasteiger partial charge in [-0.05, 0) is 35.2 Å². The number of aliphatic imine (C=N–C) groups is 1. The number of rotatable bonds is 6. The maximum atomic E-state index is 12.7. The highest BCUT2D eigenvalue weighted by Crippen LogP contribution is 2.23. The van der Waals surface area contributed by atoms with E-state index < -0.39 is 18.0 Å². The highest BCUT2D eigenvalue weighted by molar-refractivity contribution is 8.14. The van der Waals surface area contributed by atoms with Crippen molar-refractivity contribution in [2.75, 3.05) is 26.4 Å². The Kier molecular flexibility index (Phi) is 5.59. The van der Waals surface area contributed by atoms with Gasteiger partial charge in [-0.3, -0.25) is 19.4 Å². The number of carbonyl (C=O) groups is 3. The largest absolute Gasteiger partial charge is 0.369 e. The average molecular weight is 388 g/mol. The van der Waals surface area contributed by atoms with E-state index in [1.807, 2.05) is 22.8 Å². The number of thioether (sulfide) groups is 1. The van der Waals surface area contributed by atoms with E-state index >= 15 is 0 Å². The maximum Gasteiger partial charge on any atom is 0.358 e. The minimum atomic E-state index is -0.649. The van der Waals surface area contributed by atoms with Crippen LogP contribution in [0.25, 0.3) is 0 Å². The quantitative estimate of drug-likeness (QED) is 0.718. The van der Waals surface area contributed by atoms with E-state index in [0.29, 0.717) is 17.5 Å². The topological polar surface area (TPSA) is 99.1 Å². The zero-order valence-electron chi connectivity index (χ0n) is 15.3. The fraction of sp³-hybridized carbons (Fsp3) is 0.389. The standard InChI is InChI=1S/C18H21N5O3S/c1-21-15-14(16(25)22(2)18(21)26)23(17(20-15)27-11-13(19)24)10-6-9-12-7-4-3-5-8-12/h3-5,7-8,14H,6,9-11H2,1-2H3,(H-,19,24)/p+1. The number of fused-ring (bicyclic) bond motifs is 1. The minimum Gasteiger partial charge on any atom is -0.369 e. The molecule has 142 valence electrons. The second-order valence-electron chi connectivity index (χ2n) is 6.43. The number of benzene rings is 1. The van der Waals surface area contributed by atoms with Crippen molar-refractivity contribution in [3.8, 4) is 0 Å². The summed E-state index contributed by atoms with van der Waals surface area (Å²) in [6.45, 7) is 0.579. The molecule has 1 saturated heterocycles. The number of nitrogens with two attached hydrogens (primary N) is 1. The Morgan fingerprint density at radius 2 is 1.93 bits per heavy atom. The zero-order valence-corrected chi connectivity index (χ0v) is 16.1.